The van der Waals surface area contributed by atoms with Gasteiger partial charge in [-0.2, -0.15) is 5.10 Å². The van der Waals surface area contributed by atoms with Crippen LogP contribution in [0.5, 0.6) is 0 Å². The first kappa shape index (κ1) is 14.3. The molecule has 0 radical (unpaired) electrons. The minimum absolute atomic E-state index is 0.0193. The molecular formula is C17H15FN2O2. The van der Waals surface area contributed by atoms with Crippen LogP contribution < -0.4 is 5.01 Å². The van der Waals surface area contributed by atoms with Gasteiger partial charge in [-0.1, -0.05) is 30.3 Å². The number of hydrazone groups is 1. The standard InChI is InChI=1S/C17H15FN2O2/c18-14-6-8-15(9-7-14)20-11-13(10-16(21)22)17(19-20)12-4-2-1-3-5-12/h1-9,13H,10-11H2,(H,21,22). The van der Waals surface area contributed by atoms with Gasteiger partial charge in [-0.25, -0.2) is 4.39 Å². The Hall–Kier alpha value is -2.69. The number of carbonyl (C=O) groups is 1. The molecule has 0 saturated heterocycles. The maximum absolute atomic E-state index is 13.0. The molecule has 5 heteroatoms. The van der Waals surface area contributed by atoms with Crippen LogP contribution >= 0.6 is 0 Å². The fraction of sp³-hybridized carbons (Fsp3) is 0.176. The zero-order chi connectivity index (χ0) is 15.5. The van der Waals surface area contributed by atoms with Gasteiger partial charge in [0, 0.05) is 5.92 Å². The van der Waals surface area contributed by atoms with Gasteiger partial charge in [0.1, 0.15) is 5.82 Å². The fourth-order valence-corrected chi connectivity index (χ4v) is 2.60. The molecule has 22 heavy (non-hydrogen) atoms. The van der Waals surface area contributed by atoms with E-state index in [1.165, 1.54) is 12.1 Å². The highest BCUT2D eigenvalue weighted by atomic mass is 19.1. The van der Waals surface area contributed by atoms with E-state index in [4.69, 9.17) is 5.11 Å². The topological polar surface area (TPSA) is 52.9 Å². The van der Waals surface area contributed by atoms with Crippen molar-refractivity contribution >= 4 is 17.4 Å². The molecule has 2 aromatic carbocycles. The summed E-state index contributed by atoms with van der Waals surface area (Å²) in [7, 11) is 0. The summed E-state index contributed by atoms with van der Waals surface area (Å²) in [6.45, 7) is 0.474. The molecule has 4 nitrogen and oxygen atoms in total. The van der Waals surface area contributed by atoms with Crippen molar-refractivity contribution in [1.29, 1.82) is 0 Å². The van der Waals surface area contributed by atoms with Crippen molar-refractivity contribution in [3.63, 3.8) is 0 Å². The molecule has 1 unspecified atom stereocenters. The zero-order valence-electron chi connectivity index (χ0n) is 11.8. The van der Waals surface area contributed by atoms with Gasteiger partial charge in [0.05, 0.1) is 24.4 Å². The Morgan fingerprint density at radius 2 is 1.86 bits per heavy atom. The number of carboxylic acid groups (broad SMARTS) is 1. The van der Waals surface area contributed by atoms with Gasteiger partial charge in [-0.05, 0) is 29.8 Å². The third kappa shape index (κ3) is 2.98. The lowest BCUT2D eigenvalue weighted by molar-refractivity contribution is -0.137. The maximum Gasteiger partial charge on any atom is 0.304 e. The lowest BCUT2D eigenvalue weighted by Gasteiger charge is -2.15. The first-order valence-electron chi connectivity index (χ1n) is 7.02. The number of benzene rings is 2. The van der Waals surface area contributed by atoms with Crippen LogP contribution in [0.4, 0.5) is 10.1 Å². The monoisotopic (exact) mass is 298 g/mol. The van der Waals surface area contributed by atoms with Crippen molar-refractivity contribution in [2.24, 2.45) is 11.0 Å². The maximum atomic E-state index is 13.0. The minimum Gasteiger partial charge on any atom is -0.481 e. The number of anilines is 1. The van der Waals surface area contributed by atoms with Gasteiger partial charge in [0.25, 0.3) is 0 Å². The van der Waals surface area contributed by atoms with Gasteiger partial charge < -0.3 is 5.11 Å². The summed E-state index contributed by atoms with van der Waals surface area (Å²) in [5.41, 5.74) is 2.42. The van der Waals surface area contributed by atoms with Crippen LogP contribution in [0.3, 0.4) is 0 Å². The molecule has 0 spiro atoms. The van der Waals surface area contributed by atoms with E-state index in [9.17, 15) is 9.18 Å². The van der Waals surface area contributed by atoms with Crippen LogP contribution in [0.1, 0.15) is 12.0 Å². The number of hydrogen-bond donors (Lipinski definition) is 1. The highest BCUT2D eigenvalue weighted by molar-refractivity contribution is 6.05. The van der Waals surface area contributed by atoms with E-state index in [1.807, 2.05) is 30.3 Å². The molecule has 0 bridgehead atoms. The molecule has 0 amide bonds. The molecule has 0 aromatic heterocycles. The van der Waals surface area contributed by atoms with Crippen LogP contribution in [0, 0.1) is 11.7 Å². The second kappa shape index (κ2) is 5.97. The predicted molar refractivity (Wildman–Crippen MR) is 82.5 cm³/mol. The number of aliphatic carboxylic acids is 1. The first-order chi connectivity index (χ1) is 10.6. The van der Waals surface area contributed by atoms with Crippen molar-refractivity contribution in [3.8, 4) is 0 Å². The number of nitrogens with zero attached hydrogens (tertiary/aromatic N) is 2. The summed E-state index contributed by atoms with van der Waals surface area (Å²) < 4.78 is 13.0. The Balaban J connectivity index is 1.93. The van der Waals surface area contributed by atoms with E-state index < -0.39 is 5.97 Å². The van der Waals surface area contributed by atoms with E-state index >= 15 is 0 Å². The molecule has 0 aliphatic carbocycles. The van der Waals surface area contributed by atoms with Gasteiger partial charge in [0.2, 0.25) is 0 Å². The molecule has 3 rings (SSSR count). The second-order valence-electron chi connectivity index (χ2n) is 5.20. The fourth-order valence-electron chi connectivity index (χ4n) is 2.60. The molecule has 1 heterocycles. The van der Waals surface area contributed by atoms with Gasteiger partial charge >= 0.3 is 5.97 Å². The predicted octanol–water partition coefficient (Wildman–Crippen LogP) is 3.14. The molecule has 0 saturated carbocycles. The summed E-state index contributed by atoms with van der Waals surface area (Å²) in [6.07, 6.45) is 0.0193. The summed E-state index contributed by atoms with van der Waals surface area (Å²) >= 11 is 0. The van der Waals surface area contributed by atoms with E-state index in [-0.39, 0.29) is 18.2 Å². The summed E-state index contributed by atoms with van der Waals surface area (Å²) in [5, 5.41) is 15.4. The average Bonchev–Trinajstić information content (AvgIpc) is 2.92. The van der Waals surface area contributed by atoms with Crippen molar-refractivity contribution < 1.29 is 14.3 Å². The van der Waals surface area contributed by atoms with Crippen molar-refractivity contribution in [2.75, 3.05) is 11.6 Å². The van der Waals surface area contributed by atoms with Crippen LogP contribution in [0.15, 0.2) is 59.7 Å². The smallest absolute Gasteiger partial charge is 0.304 e. The number of hydrogen-bond acceptors (Lipinski definition) is 3. The van der Waals surface area contributed by atoms with E-state index in [0.29, 0.717) is 6.54 Å². The molecule has 1 aliphatic heterocycles. The number of carboxylic acids is 1. The molecule has 1 atom stereocenters. The third-order valence-electron chi connectivity index (χ3n) is 3.62. The molecular weight excluding hydrogens is 283 g/mol. The average molecular weight is 298 g/mol. The van der Waals surface area contributed by atoms with E-state index in [0.717, 1.165) is 17.0 Å². The van der Waals surface area contributed by atoms with Crippen LogP contribution in [-0.2, 0) is 4.79 Å². The van der Waals surface area contributed by atoms with Crippen molar-refractivity contribution in [1.82, 2.24) is 0 Å². The molecule has 1 aliphatic rings. The van der Waals surface area contributed by atoms with Crippen LogP contribution in [0.2, 0.25) is 0 Å². The number of halogens is 1. The van der Waals surface area contributed by atoms with E-state index in [1.54, 1.807) is 17.1 Å². The zero-order valence-corrected chi connectivity index (χ0v) is 11.8. The second-order valence-corrected chi connectivity index (χ2v) is 5.20. The highest BCUT2D eigenvalue weighted by Crippen LogP contribution is 2.27. The normalized spacial score (nSPS) is 17.4. The Morgan fingerprint density at radius 1 is 1.18 bits per heavy atom. The van der Waals surface area contributed by atoms with E-state index in [2.05, 4.69) is 5.10 Å². The van der Waals surface area contributed by atoms with Gasteiger partial charge in [-0.3, -0.25) is 9.80 Å². The summed E-state index contributed by atoms with van der Waals surface area (Å²) in [6, 6.07) is 15.6. The Labute approximate surface area is 127 Å². The van der Waals surface area contributed by atoms with Gasteiger partial charge in [0.15, 0.2) is 0 Å². The van der Waals surface area contributed by atoms with Crippen molar-refractivity contribution in [3.05, 3.63) is 66.0 Å². The van der Waals surface area contributed by atoms with Gasteiger partial charge in [-0.15, -0.1) is 0 Å². The molecule has 112 valence electrons. The highest BCUT2D eigenvalue weighted by Gasteiger charge is 2.30. The SMILES string of the molecule is O=C(O)CC1CN(c2ccc(F)cc2)N=C1c1ccccc1. The summed E-state index contributed by atoms with van der Waals surface area (Å²) in [4.78, 5) is 11.1. The summed E-state index contributed by atoms with van der Waals surface area (Å²) in [5.74, 6) is -1.35. The molecule has 2 aromatic rings. The molecule has 1 N–H and O–H groups in total. The lowest BCUT2D eigenvalue weighted by Crippen LogP contribution is -2.22. The number of rotatable bonds is 4. The van der Waals surface area contributed by atoms with Crippen LogP contribution in [0.25, 0.3) is 0 Å². The van der Waals surface area contributed by atoms with Crippen molar-refractivity contribution in [2.45, 2.75) is 6.42 Å². The van der Waals surface area contributed by atoms with Crippen LogP contribution in [-0.4, -0.2) is 23.3 Å². The Bertz CT molecular complexity index is 698. The third-order valence-corrected chi connectivity index (χ3v) is 3.62. The largest absolute Gasteiger partial charge is 0.481 e. The Morgan fingerprint density at radius 3 is 2.50 bits per heavy atom. The lowest BCUT2D eigenvalue weighted by atomic mass is 9.94. The molecule has 0 fully saturated rings. The minimum atomic E-state index is -0.852. The Kier molecular flexibility index (Phi) is 3.87. The quantitative estimate of drug-likeness (QED) is 0.943. The first-order valence-corrected chi connectivity index (χ1v) is 7.02.